The van der Waals surface area contributed by atoms with Crippen molar-refractivity contribution in [3.8, 4) is 0 Å². The lowest BCUT2D eigenvalue weighted by atomic mass is 10.1. The molecule has 172 valence electrons. The average Bonchev–Trinajstić information content (AvgIpc) is 3.19. The van der Waals surface area contributed by atoms with E-state index in [-0.39, 0.29) is 29.8 Å². The lowest BCUT2D eigenvalue weighted by molar-refractivity contribution is -0.384. The summed E-state index contributed by atoms with van der Waals surface area (Å²) in [5.41, 5.74) is 2.58. The fourth-order valence-corrected chi connectivity index (χ4v) is 4.00. The van der Waals surface area contributed by atoms with E-state index in [0.29, 0.717) is 34.3 Å². The van der Waals surface area contributed by atoms with Crippen LogP contribution in [0, 0.1) is 24.0 Å². The molecular weight excluding hydrogens is 444 g/mol. The van der Waals surface area contributed by atoms with Crippen LogP contribution < -0.4 is 10.6 Å². The molecule has 0 spiro atoms. The van der Waals surface area contributed by atoms with Gasteiger partial charge in [0.25, 0.3) is 11.6 Å². The number of nitro groups is 1. The van der Waals surface area contributed by atoms with Crippen LogP contribution in [0.2, 0.25) is 0 Å². The molecule has 0 saturated heterocycles. The molecule has 0 fully saturated rings. The van der Waals surface area contributed by atoms with E-state index in [0.717, 1.165) is 5.56 Å². The highest BCUT2D eigenvalue weighted by atomic mass is 32.2. The van der Waals surface area contributed by atoms with Gasteiger partial charge in [0, 0.05) is 29.9 Å². The summed E-state index contributed by atoms with van der Waals surface area (Å²) in [6, 6.07) is 11.6. The summed E-state index contributed by atoms with van der Waals surface area (Å²) in [6.45, 7) is 6.29. The van der Waals surface area contributed by atoms with Gasteiger partial charge in [0.1, 0.15) is 0 Å². The summed E-state index contributed by atoms with van der Waals surface area (Å²) in [5, 5.41) is 25.3. The summed E-state index contributed by atoms with van der Waals surface area (Å²) < 4.78 is 1.84. The third-order valence-electron chi connectivity index (χ3n) is 4.93. The molecule has 0 unspecified atom stereocenters. The Morgan fingerprint density at radius 3 is 2.55 bits per heavy atom. The summed E-state index contributed by atoms with van der Waals surface area (Å²) in [4.78, 5) is 35.2. The zero-order valence-corrected chi connectivity index (χ0v) is 19.3. The van der Waals surface area contributed by atoms with Crippen molar-refractivity contribution in [2.75, 3.05) is 11.1 Å². The van der Waals surface area contributed by atoms with E-state index in [4.69, 9.17) is 0 Å². The molecule has 3 rings (SSSR count). The number of thioether (sulfide) groups is 1. The van der Waals surface area contributed by atoms with E-state index in [9.17, 15) is 19.7 Å². The number of nitrogens with one attached hydrogen (secondary N) is 2. The second kappa shape index (κ2) is 10.7. The number of carbonyl (C=O) groups excluding carboxylic acids is 2. The molecule has 3 aromatic rings. The van der Waals surface area contributed by atoms with E-state index >= 15 is 0 Å². The zero-order valence-electron chi connectivity index (χ0n) is 18.5. The van der Waals surface area contributed by atoms with Gasteiger partial charge < -0.3 is 15.2 Å². The summed E-state index contributed by atoms with van der Waals surface area (Å²) in [6.07, 6.45) is 0. The molecule has 0 aliphatic heterocycles. The predicted molar refractivity (Wildman–Crippen MR) is 125 cm³/mol. The number of nitrogens with zero attached hydrogens (tertiary/aromatic N) is 4. The Kier molecular flexibility index (Phi) is 7.78. The van der Waals surface area contributed by atoms with Crippen LogP contribution in [0.5, 0.6) is 0 Å². The lowest BCUT2D eigenvalue weighted by Crippen LogP contribution is -2.25. The Balaban J connectivity index is 1.58. The largest absolute Gasteiger partial charge is 0.345 e. The van der Waals surface area contributed by atoms with Crippen molar-refractivity contribution in [1.29, 1.82) is 0 Å². The zero-order chi connectivity index (χ0) is 24.0. The number of carbonyl (C=O) groups is 2. The van der Waals surface area contributed by atoms with Crippen LogP contribution >= 0.6 is 11.8 Å². The maximum absolute atomic E-state index is 12.5. The summed E-state index contributed by atoms with van der Waals surface area (Å²) in [7, 11) is 0. The Bertz CT molecular complexity index is 1190. The third-order valence-corrected chi connectivity index (χ3v) is 5.90. The van der Waals surface area contributed by atoms with Gasteiger partial charge in [0.05, 0.1) is 17.2 Å². The molecule has 0 radical (unpaired) electrons. The number of hydrogen-bond donors (Lipinski definition) is 2. The van der Waals surface area contributed by atoms with Gasteiger partial charge in [-0.15, -0.1) is 10.2 Å². The first-order chi connectivity index (χ1) is 15.8. The van der Waals surface area contributed by atoms with Crippen LogP contribution in [0.4, 0.5) is 11.4 Å². The van der Waals surface area contributed by atoms with Gasteiger partial charge in [-0.25, -0.2) is 0 Å². The Morgan fingerprint density at radius 1 is 1.12 bits per heavy atom. The fourth-order valence-electron chi connectivity index (χ4n) is 3.17. The van der Waals surface area contributed by atoms with Crippen molar-refractivity contribution in [1.82, 2.24) is 20.1 Å². The summed E-state index contributed by atoms with van der Waals surface area (Å²) >= 11 is 1.22. The van der Waals surface area contributed by atoms with Crippen molar-refractivity contribution in [2.24, 2.45) is 0 Å². The van der Waals surface area contributed by atoms with E-state index in [1.807, 2.05) is 36.6 Å². The normalized spacial score (nSPS) is 10.6. The minimum atomic E-state index is -0.479. The molecule has 10 nitrogen and oxygen atoms in total. The molecule has 1 heterocycles. The van der Waals surface area contributed by atoms with Crippen LogP contribution in [0.25, 0.3) is 0 Å². The van der Waals surface area contributed by atoms with Gasteiger partial charge in [0.15, 0.2) is 11.0 Å². The van der Waals surface area contributed by atoms with Crippen molar-refractivity contribution >= 4 is 35.0 Å². The monoisotopic (exact) mass is 468 g/mol. The fraction of sp³-hybridized carbons (Fsp3) is 0.273. The maximum Gasteiger partial charge on any atom is 0.269 e. The molecule has 0 bridgehead atoms. The standard InChI is InChI=1S/C22H24N6O4S/c1-4-27-19(12-23-21(30)17-8-6-5-7-14(17)2)25-26-22(27)33-13-20(29)24-18-10-9-16(28(31)32)11-15(18)3/h5-11H,4,12-13H2,1-3H3,(H,23,30)(H,24,29). The Morgan fingerprint density at radius 2 is 1.88 bits per heavy atom. The highest BCUT2D eigenvalue weighted by Crippen LogP contribution is 2.22. The first-order valence-electron chi connectivity index (χ1n) is 10.2. The van der Waals surface area contributed by atoms with Crippen molar-refractivity contribution in [3.05, 3.63) is 75.1 Å². The highest BCUT2D eigenvalue weighted by molar-refractivity contribution is 7.99. The van der Waals surface area contributed by atoms with Crippen LogP contribution in [0.15, 0.2) is 47.6 Å². The third kappa shape index (κ3) is 5.95. The SMILES string of the molecule is CCn1c(CNC(=O)c2ccccc2C)nnc1SCC(=O)Nc1ccc([N+](=O)[O-])cc1C. The summed E-state index contributed by atoms with van der Waals surface area (Å²) in [5.74, 6) is 0.223. The minimum Gasteiger partial charge on any atom is -0.345 e. The van der Waals surface area contributed by atoms with E-state index < -0.39 is 4.92 Å². The number of non-ortho nitro benzene ring substituents is 1. The number of hydrogen-bond acceptors (Lipinski definition) is 7. The van der Waals surface area contributed by atoms with Gasteiger partial charge in [-0.05, 0) is 44.0 Å². The van der Waals surface area contributed by atoms with Gasteiger partial charge >= 0.3 is 0 Å². The molecule has 2 aromatic carbocycles. The number of aromatic nitrogens is 3. The smallest absolute Gasteiger partial charge is 0.269 e. The first-order valence-corrected chi connectivity index (χ1v) is 11.2. The van der Waals surface area contributed by atoms with E-state index in [1.165, 1.54) is 30.0 Å². The molecule has 0 aliphatic carbocycles. The molecule has 2 N–H and O–H groups in total. The second-order valence-corrected chi connectivity index (χ2v) is 8.18. The minimum absolute atomic E-state index is 0.0297. The Hall–Kier alpha value is -3.73. The highest BCUT2D eigenvalue weighted by Gasteiger charge is 2.16. The quantitative estimate of drug-likeness (QED) is 0.279. The van der Waals surface area contributed by atoms with Crippen molar-refractivity contribution in [2.45, 2.75) is 39.0 Å². The predicted octanol–water partition coefficient (Wildman–Crippen LogP) is 3.48. The molecule has 11 heteroatoms. The van der Waals surface area contributed by atoms with Gasteiger partial charge in [-0.3, -0.25) is 19.7 Å². The van der Waals surface area contributed by atoms with Crippen LogP contribution in [-0.4, -0.2) is 37.3 Å². The van der Waals surface area contributed by atoms with Crippen molar-refractivity contribution in [3.63, 3.8) is 0 Å². The Labute approximate surface area is 194 Å². The average molecular weight is 469 g/mol. The van der Waals surface area contributed by atoms with E-state index in [1.54, 1.807) is 13.0 Å². The molecule has 33 heavy (non-hydrogen) atoms. The van der Waals surface area contributed by atoms with Gasteiger partial charge in [0.2, 0.25) is 5.91 Å². The van der Waals surface area contributed by atoms with Crippen LogP contribution in [0.1, 0.15) is 34.2 Å². The van der Waals surface area contributed by atoms with Crippen LogP contribution in [0.3, 0.4) is 0 Å². The molecule has 0 aliphatic rings. The van der Waals surface area contributed by atoms with Crippen LogP contribution in [-0.2, 0) is 17.9 Å². The lowest BCUT2D eigenvalue weighted by Gasteiger charge is -2.10. The number of anilines is 1. The number of aryl methyl sites for hydroxylation is 2. The van der Waals surface area contributed by atoms with E-state index in [2.05, 4.69) is 20.8 Å². The van der Waals surface area contributed by atoms with Crippen molar-refractivity contribution < 1.29 is 14.5 Å². The number of rotatable bonds is 9. The number of amides is 2. The number of benzene rings is 2. The molecular formula is C22H24N6O4S. The molecule has 2 amide bonds. The molecule has 1 aromatic heterocycles. The van der Waals surface area contributed by atoms with Gasteiger partial charge in [-0.2, -0.15) is 0 Å². The van der Waals surface area contributed by atoms with Gasteiger partial charge in [-0.1, -0.05) is 30.0 Å². The first kappa shape index (κ1) is 23.9. The number of nitro benzene ring substituents is 1. The topological polar surface area (TPSA) is 132 Å². The second-order valence-electron chi connectivity index (χ2n) is 7.23. The molecule has 0 atom stereocenters. The molecule has 0 saturated carbocycles. The maximum atomic E-state index is 12.5.